The molecule has 2 amide bonds. The van der Waals surface area contributed by atoms with Crippen LogP contribution in [0, 0.1) is 5.92 Å². The number of benzene rings is 2. The van der Waals surface area contributed by atoms with Gasteiger partial charge in [-0.2, -0.15) is 0 Å². The van der Waals surface area contributed by atoms with Gasteiger partial charge in [-0.3, -0.25) is 4.79 Å². The second-order valence-corrected chi connectivity index (χ2v) is 10.1. The molecule has 2 aromatic carbocycles. The van der Waals surface area contributed by atoms with Gasteiger partial charge in [0.25, 0.3) is 0 Å². The Balaban J connectivity index is 1.31. The summed E-state index contributed by atoms with van der Waals surface area (Å²) in [5.74, 6) is -0.873. The fourth-order valence-corrected chi connectivity index (χ4v) is 5.99. The highest BCUT2D eigenvalue weighted by molar-refractivity contribution is 8.00. The number of carbonyl (C=O) groups excluding carboxylic acids is 2. The topological polar surface area (TPSA) is 95.9 Å². The molecule has 0 radical (unpaired) electrons. The molecule has 2 aromatic rings. The Morgan fingerprint density at radius 1 is 1.12 bits per heavy atom. The van der Waals surface area contributed by atoms with E-state index in [1.165, 1.54) is 27.8 Å². The van der Waals surface area contributed by atoms with E-state index in [4.69, 9.17) is 4.74 Å². The number of hydrogen-bond acceptors (Lipinski definition) is 5. The highest BCUT2D eigenvalue weighted by Gasteiger charge is 2.39. The van der Waals surface area contributed by atoms with E-state index >= 15 is 0 Å². The van der Waals surface area contributed by atoms with Gasteiger partial charge in [0, 0.05) is 24.6 Å². The van der Waals surface area contributed by atoms with Crippen LogP contribution in [0.3, 0.4) is 0 Å². The molecule has 2 aliphatic rings. The minimum absolute atomic E-state index is 0.0104. The summed E-state index contributed by atoms with van der Waals surface area (Å²) in [5.41, 5.74) is 4.65. The van der Waals surface area contributed by atoms with Crippen LogP contribution in [0.2, 0.25) is 0 Å². The van der Waals surface area contributed by atoms with Crippen molar-refractivity contribution in [3.63, 3.8) is 0 Å². The Hall–Kier alpha value is -3.00. The van der Waals surface area contributed by atoms with Crippen molar-refractivity contribution in [1.29, 1.82) is 0 Å². The van der Waals surface area contributed by atoms with Crippen LogP contribution >= 0.6 is 11.8 Å². The predicted octanol–water partition coefficient (Wildman–Crippen LogP) is 4.32. The van der Waals surface area contributed by atoms with Gasteiger partial charge in [-0.1, -0.05) is 61.9 Å². The Morgan fingerprint density at radius 2 is 1.74 bits per heavy atom. The molecule has 7 nitrogen and oxygen atoms in total. The van der Waals surface area contributed by atoms with Gasteiger partial charge < -0.3 is 20.1 Å². The standard InChI is InChI=1S/C26H30N2O5S/c1-3-17(12-24(29)28-16(2)34-15-23(28)25(30)31)13-27-26(32)33-14-22-20-10-6-4-8-18(20)19-9-5-7-11-21(19)22/h4-11,16-17,22-23H,3,12-15H2,1-2H3,(H,27,32)(H,30,31). The number of carboxylic acids is 1. The zero-order valence-electron chi connectivity index (χ0n) is 19.4. The maximum atomic E-state index is 12.8. The molecule has 34 heavy (non-hydrogen) atoms. The maximum Gasteiger partial charge on any atom is 0.407 e. The summed E-state index contributed by atoms with van der Waals surface area (Å²) in [7, 11) is 0. The second-order valence-electron chi connectivity index (χ2n) is 8.77. The van der Waals surface area contributed by atoms with Crippen LogP contribution in [0.1, 0.15) is 43.7 Å². The third kappa shape index (κ3) is 4.92. The van der Waals surface area contributed by atoms with E-state index in [1.54, 1.807) is 0 Å². The molecule has 8 heteroatoms. The number of rotatable bonds is 8. The first-order valence-corrected chi connectivity index (χ1v) is 12.7. The third-order valence-corrected chi connectivity index (χ3v) is 7.93. The zero-order valence-corrected chi connectivity index (χ0v) is 20.2. The van der Waals surface area contributed by atoms with E-state index in [1.807, 2.05) is 38.1 Å². The lowest BCUT2D eigenvalue weighted by Crippen LogP contribution is -2.45. The van der Waals surface area contributed by atoms with E-state index in [0.29, 0.717) is 18.7 Å². The number of fused-ring (bicyclic) bond motifs is 3. The highest BCUT2D eigenvalue weighted by atomic mass is 32.2. The molecule has 180 valence electrons. The van der Waals surface area contributed by atoms with Crippen molar-refractivity contribution in [3.8, 4) is 11.1 Å². The van der Waals surface area contributed by atoms with Crippen LogP contribution in [0.5, 0.6) is 0 Å². The van der Waals surface area contributed by atoms with Gasteiger partial charge in [0.05, 0.1) is 5.37 Å². The monoisotopic (exact) mass is 482 g/mol. The predicted molar refractivity (Wildman–Crippen MR) is 132 cm³/mol. The van der Waals surface area contributed by atoms with Gasteiger partial charge in [0.1, 0.15) is 12.6 Å². The number of carboxylic acid groups (broad SMARTS) is 1. The van der Waals surface area contributed by atoms with E-state index in [9.17, 15) is 19.5 Å². The minimum atomic E-state index is -0.977. The number of alkyl carbamates (subject to hydrolysis) is 1. The molecule has 3 atom stereocenters. The molecule has 0 spiro atoms. The fourth-order valence-electron chi connectivity index (χ4n) is 4.80. The number of carbonyl (C=O) groups is 3. The second kappa shape index (κ2) is 10.5. The number of aliphatic carboxylic acids is 1. The molecule has 1 saturated heterocycles. The first-order valence-electron chi connectivity index (χ1n) is 11.6. The molecule has 4 rings (SSSR count). The fraction of sp³-hybridized carbons (Fsp3) is 0.423. The van der Waals surface area contributed by atoms with E-state index in [2.05, 4.69) is 29.6 Å². The zero-order chi connectivity index (χ0) is 24.2. The van der Waals surface area contributed by atoms with Crippen LogP contribution in [0.4, 0.5) is 4.79 Å². The van der Waals surface area contributed by atoms with Crippen molar-refractivity contribution in [2.24, 2.45) is 5.92 Å². The molecule has 2 N–H and O–H groups in total. The molecule has 1 fully saturated rings. The number of amides is 2. The summed E-state index contributed by atoms with van der Waals surface area (Å²) in [6.07, 6.45) is 0.360. The number of nitrogens with one attached hydrogen (secondary N) is 1. The molecule has 0 saturated carbocycles. The highest BCUT2D eigenvalue weighted by Crippen LogP contribution is 2.44. The summed E-state index contributed by atoms with van der Waals surface area (Å²) in [5, 5.41) is 12.0. The smallest absolute Gasteiger partial charge is 0.407 e. The molecule has 3 unspecified atom stereocenters. The van der Waals surface area contributed by atoms with Crippen LogP contribution in [0.15, 0.2) is 48.5 Å². The number of ether oxygens (including phenoxy) is 1. The van der Waals surface area contributed by atoms with Crippen molar-refractivity contribution in [3.05, 3.63) is 59.7 Å². The average Bonchev–Trinajstić information content (AvgIpc) is 3.38. The molecular formula is C26H30N2O5S. The number of nitrogens with zero attached hydrogens (tertiary/aromatic N) is 1. The quantitative estimate of drug-likeness (QED) is 0.582. The van der Waals surface area contributed by atoms with Gasteiger partial charge in [-0.25, -0.2) is 9.59 Å². The Labute approximate surface area is 203 Å². The van der Waals surface area contributed by atoms with Crippen molar-refractivity contribution in [1.82, 2.24) is 10.2 Å². The largest absolute Gasteiger partial charge is 0.480 e. The number of thioether (sulfide) groups is 1. The van der Waals surface area contributed by atoms with Crippen molar-refractivity contribution in [2.45, 2.75) is 44.0 Å². The first kappa shape index (κ1) is 24.1. The van der Waals surface area contributed by atoms with Crippen LogP contribution in [-0.4, -0.2) is 58.3 Å². The van der Waals surface area contributed by atoms with Crippen molar-refractivity contribution >= 4 is 29.7 Å². The molecular weight excluding hydrogens is 452 g/mol. The van der Waals surface area contributed by atoms with Gasteiger partial charge in [0.15, 0.2) is 0 Å². The van der Waals surface area contributed by atoms with Crippen LogP contribution in [-0.2, 0) is 14.3 Å². The molecule has 0 aromatic heterocycles. The molecule has 1 aliphatic heterocycles. The summed E-state index contributed by atoms with van der Waals surface area (Å²) >= 11 is 1.47. The average molecular weight is 483 g/mol. The van der Waals surface area contributed by atoms with E-state index in [0.717, 1.165) is 11.1 Å². The summed E-state index contributed by atoms with van der Waals surface area (Å²) in [4.78, 5) is 38.2. The van der Waals surface area contributed by atoms with Crippen LogP contribution in [0.25, 0.3) is 11.1 Å². The third-order valence-electron chi connectivity index (χ3n) is 6.72. The van der Waals surface area contributed by atoms with Crippen molar-refractivity contribution < 1.29 is 24.2 Å². The Kier molecular flexibility index (Phi) is 7.46. The number of hydrogen-bond donors (Lipinski definition) is 2. The van der Waals surface area contributed by atoms with Gasteiger partial charge >= 0.3 is 12.1 Å². The summed E-state index contributed by atoms with van der Waals surface area (Å²) in [6.45, 7) is 4.33. The minimum Gasteiger partial charge on any atom is -0.480 e. The SMILES string of the molecule is CCC(CNC(=O)OCC1c2ccccc2-c2ccccc21)CC(=O)N1C(C)SCC1C(=O)O. The normalized spacial score (nSPS) is 19.9. The summed E-state index contributed by atoms with van der Waals surface area (Å²) < 4.78 is 5.58. The van der Waals surface area contributed by atoms with E-state index in [-0.39, 0.29) is 36.1 Å². The molecule has 1 aliphatic carbocycles. The van der Waals surface area contributed by atoms with Gasteiger partial charge in [-0.05, 0) is 35.1 Å². The first-order chi connectivity index (χ1) is 16.4. The van der Waals surface area contributed by atoms with Crippen LogP contribution < -0.4 is 5.32 Å². The maximum absolute atomic E-state index is 12.8. The lowest BCUT2D eigenvalue weighted by atomic mass is 9.98. The molecule has 0 bridgehead atoms. The summed E-state index contributed by atoms with van der Waals surface area (Å²) in [6, 6.07) is 15.5. The Bertz CT molecular complexity index is 1030. The van der Waals surface area contributed by atoms with E-state index < -0.39 is 18.1 Å². The Morgan fingerprint density at radius 3 is 2.32 bits per heavy atom. The van der Waals surface area contributed by atoms with Gasteiger partial charge in [-0.15, -0.1) is 11.8 Å². The van der Waals surface area contributed by atoms with Crippen molar-refractivity contribution in [2.75, 3.05) is 18.9 Å². The van der Waals surface area contributed by atoms with Gasteiger partial charge in [0.2, 0.25) is 5.91 Å². The lowest BCUT2D eigenvalue weighted by Gasteiger charge is -2.27. The molecule has 1 heterocycles. The lowest BCUT2D eigenvalue weighted by molar-refractivity contribution is -0.149.